The summed E-state index contributed by atoms with van der Waals surface area (Å²) >= 11 is 0. The molecule has 2 aromatic carbocycles. The van der Waals surface area contributed by atoms with Gasteiger partial charge in [-0.25, -0.2) is 0 Å². The summed E-state index contributed by atoms with van der Waals surface area (Å²) in [4.78, 5) is 13.4. The van der Waals surface area contributed by atoms with Crippen molar-refractivity contribution in [1.29, 1.82) is 5.26 Å². The van der Waals surface area contributed by atoms with Crippen molar-refractivity contribution in [3.63, 3.8) is 0 Å². The Morgan fingerprint density at radius 2 is 1.93 bits per heavy atom. The average Bonchev–Trinajstić information content (AvgIpc) is 2.68. The number of hydrogen-bond donors (Lipinski definition) is 0. The van der Waals surface area contributed by atoms with Gasteiger partial charge in [-0.15, -0.1) is 0 Å². The first-order chi connectivity index (χ1) is 13.3. The molecule has 0 amide bonds. The largest absolute Gasteiger partial charge is 0.496 e. The van der Waals surface area contributed by atoms with Crippen LogP contribution in [0.3, 0.4) is 0 Å². The van der Waals surface area contributed by atoms with E-state index < -0.39 is 0 Å². The van der Waals surface area contributed by atoms with E-state index in [4.69, 9.17) is 10.00 Å². The molecule has 0 aromatic heterocycles. The summed E-state index contributed by atoms with van der Waals surface area (Å²) in [6.45, 7) is 2.79. The van der Waals surface area contributed by atoms with Crippen molar-refractivity contribution in [3.05, 3.63) is 41.5 Å². The second-order valence-corrected chi connectivity index (χ2v) is 7.36. The van der Waals surface area contributed by atoms with Crippen molar-refractivity contribution in [2.24, 2.45) is 0 Å². The quantitative estimate of drug-likeness (QED) is 0.735. The number of piperidine rings is 1. The monoisotopic (exact) mass is 364 g/mol. The molecular weight excluding hydrogens is 336 g/mol. The molecule has 0 spiro atoms. The topological polar surface area (TPSA) is 53.3 Å². The van der Waals surface area contributed by atoms with E-state index in [0.29, 0.717) is 17.7 Å². The van der Waals surface area contributed by atoms with Crippen molar-refractivity contribution < 1.29 is 9.53 Å². The molecule has 4 nitrogen and oxygen atoms in total. The first kappa shape index (κ1) is 19.4. The third-order valence-electron chi connectivity index (χ3n) is 5.71. The molecule has 4 heteroatoms. The van der Waals surface area contributed by atoms with Crippen LogP contribution in [0.4, 0.5) is 0 Å². The number of benzene rings is 2. The summed E-state index contributed by atoms with van der Waals surface area (Å²) in [5.74, 6) is 0.706. The number of likely N-dealkylation sites (tertiary alicyclic amines) is 1. The number of carbonyl (C=O) groups excluding carboxylic acids is 1. The van der Waals surface area contributed by atoms with Crippen molar-refractivity contribution in [2.45, 2.75) is 51.0 Å². The van der Waals surface area contributed by atoms with Gasteiger partial charge in [-0.05, 0) is 61.7 Å². The highest BCUT2D eigenvalue weighted by Crippen LogP contribution is 2.29. The summed E-state index contributed by atoms with van der Waals surface area (Å²) in [5.41, 5.74) is 1.50. The van der Waals surface area contributed by atoms with E-state index >= 15 is 0 Å². The smallest absolute Gasteiger partial charge is 0.150 e. The number of rotatable bonds is 4. The summed E-state index contributed by atoms with van der Waals surface area (Å²) in [5, 5.41) is 10.7. The van der Waals surface area contributed by atoms with Crippen LogP contribution in [0.2, 0.25) is 0 Å². The van der Waals surface area contributed by atoms with E-state index in [1.807, 2.05) is 24.3 Å². The van der Waals surface area contributed by atoms with Crippen LogP contribution in [0.5, 0.6) is 5.75 Å². The summed E-state index contributed by atoms with van der Waals surface area (Å²) < 4.78 is 5.24. The first-order valence-corrected chi connectivity index (χ1v) is 9.92. The molecule has 0 bridgehead atoms. The fraction of sp³-hybridized carbons (Fsp3) is 0.478. The van der Waals surface area contributed by atoms with Gasteiger partial charge in [0.1, 0.15) is 12.0 Å². The number of methoxy groups -OCH3 is 1. The third-order valence-corrected chi connectivity index (χ3v) is 5.71. The maximum Gasteiger partial charge on any atom is 0.150 e. The van der Waals surface area contributed by atoms with E-state index in [2.05, 4.69) is 11.0 Å². The molecule has 2 aromatic rings. The molecule has 27 heavy (non-hydrogen) atoms. The first-order valence-electron chi connectivity index (χ1n) is 9.92. The van der Waals surface area contributed by atoms with Gasteiger partial charge in [0.25, 0.3) is 0 Å². The van der Waals surface area contributed by atoms with Crippen LogP contribution in [0, 0.1) is 11.3 Å². The zero-order valence-corrected chi connectivity index (χ0v) is 16.1. The predicted octanol–water partition coefficient (Wildman–Crippen LogP) is 4.75. The van der Waals surface area contributed by atoms with Crippen molar-refractivity contribution in [2.75, 3.05) is 20.2 Å². The van der Waals surface area contributed by atoms with Crippen LogP contribution in [0.15, 0.2) is 30.3 Å². The van der Waals surface area contributed by atoms with Crippen molar-refractivity contribution in [3.8, 4) is 11.8 Å². The van der Waals surface area contributed by atoms with Gasteiger partial charge < -0.3 is 9.64 Å². The molecule has 1 saturated heterocycles. The number of aldehydes is 1. The number of ether oxygens (including phenoxy) is 1. The SMILES string of the molecule is C1CCN(C2CCC2)CC1.COc1ccc2cc(C=O)ccc2c1CC#N. The number of hydrogen-bond acceptors (Lipinski definition) is 4. The number of nitrogens with zero attached hydrogens (tertiary/aromatic N) is 2. The Kier molecular flexibility index (Phi) is 6.84. The highest BCUT2D eigenvalue weighted by molar-refractivity contribution is 5.92. The summed E-state index contributed by atoms with van der Waals surface area (Å²) in [7, 11) is 1.59. The van der Waals surface area contributed by atoms with Crippen LogP contribution in [-0.4, -0.2) is 37.4 Å². The summed E-state index contributed by atoms with van der Waals surface area (Å²) in [6, 6.07) is 12.3. The van der Waals surface area contributed by atoms with Crippen LogP contribution in [0.1, 0.15) is 54.4 Å². The Hall–Kier alpha value is -2.38. The van der Waals surface area contributed by atoms with Gasteiger partial charge >= 0.3 is 0 Å². The van der Waals surface area contributed by atoms with Gasteiger partial charge in [0.2, 0.25) is 0 Å². The molecule has 1 saturated carbocycles. The minimum atomic E-state index is 0.293. The molecular formula is C23H28N2O2. The number of fused-ring (bicyclic) bond motifs is 1. The standard InChI is InChI=1S/C14H11NO2.C9H17N/c1-17-14-5-3-11-8-10(9-16)2-4-12(11)13(14)6-7-15;1-2-7-10(8-3-1)9-5-4-6-9/h2-5,8-9H,6H2,1H3;9H,1-8H2. The molecule has 2 aliphatic rings. The number of carbonyl (C=O) groups is 1. The maximum absolute atomic E-state index is 10.7. The molecule has 0 radical (unpaired) electrons. The molecule has 0 unspecified atom stereocenters. The van der Waals surface area contributed by atoms with Gasteiger partial charge in [0, 0.05) is 17.2 Å². The number of nitriles is 1. The van der Waals surface area contributed by atoms with E-state index in [1.165, 1.54) is 51.6 Å². The van der Waals surface area contributed by atoms with E-state index in [-0.39, 0.29) is 0 Å². The minimum Gasteiger partial charge on any atom is -0.496 e. The molecule has 1 aliphatic heterocycles. The maximum atomic E-state index is 10.7. The van der Waals surface area contributed by atoms with E-state index in [0.717, 1.165) is 28.7 Å². The normalized spacial score (nSPS) is 17.3. The van der Waals surface area contributed by atoms with Crippen molar-refractivity contribution in [1.82, 2.24) is 4.90 Å². The molecule has 0 atom stereocenters. The zero-order valence-electron chi connectivity index (χ0n) is 16.1. The van der Waals surface area contributed by atoms with Crippen LogP contribution in [0.25, 0.3) is 10.8 Å². The highest BCUT2D eigenvalue weighted by Gasteiger charge is 2.25. The van der Waals surface area contributed by atoms with Crippen LogP contribution < -0.4 is 4.74 Å². The lowest BCUT2D eigenvalue weighted by Crippen LogP contribution is -2.42. The Labute approximate surface area is 161 Å². The van der Waals surface area contributed by atoms with Crippen molar-refractivity contribution >= 4 is 17.1 Å². The van der Waals surface area contributed by atoms with E-state index in [9.17, 15) is 4.79 Å². The van der Waals surface area contributed by atoms with Crippen LogP contribution >= 0.6 is 0 Å². The molecule has 1 aliphatic carbocycles. The second-order valence-electron chi connectivity index (χ2n) is 7.36. The fourth-order valence-electron chi connectivity index (χ4n) is 3.95. The molecule has 142 valence electrons. The molecule has 0 N–H and O–H groups in total. The second kappa shape index (κ2) is 9.53. The van der Waals surface area contributed by atoms with Gasteiger partial charge in [-0.3, -0.25) is 4.79 Å². The Balaban J connectivity index is 0.000000177. The molecule has 1 heterocycles. The third kappa shape index (κ3) is 4.67. The van der Waals surface area contributed by atoms with Gasteiger partial charge in [0.15, 0.2) is 0 Å². The fourth-order valence-corrected chi connectivity index (χ4v) is 3.95. The lowest BCUT2D eigenvalue weighted by atomic mass is 9.90. The van der Waals surface area contributed by atoms with Gasteiger partial charge in [-0.2, -0.15) is 5.26 Å². The van der Waals surface area contributed by atoms with Gasteiger partial charge in [-0.1, -0.05) is 31.0 Å². The Morgan fingerprint density at radius 3 is 2.52 bits per heavy atom. The predicted molar refractivity (Wildman–Crippen MR) is 108 cm³/mol. The Bertz CT molecular complexity index is 815. The van der Waals surface area contributed by atoms with Gasteiger partial charge in [0.05, 0.1) is 19.6 Å². The molecule has 4 rings (SSSR count). The lowest BCUT2D eigenvalue weighted by Gasteiger charge is -2.39. The summed E-state index contributed by atoms with van der Waals surface area (Å²) in [6.07, 6.45) is 9.95. The zero-order chi connectivity index (χ0) is 19.1. The van der Waals surface area contributed by atoms with E-state index in [1.54, 1.807) is 13.2 Å². The molecule has 2 fully saturated rings. The van der Waals surface area contributed by atoms with Crippen LogP contribution in [-0.2, 0) is 6.42 Å². The average molecular weight is 364 g/mol. The minimum absolute atomic E-state index is 0.293. The Morgan fingerprint density at radius 1 is 1.15 bits per heavy atom. The highest BCUT2D eigenvalue weighted by atomic mass is 16.5. The lowest BCUT2D eigenvalue weighted by molar-refractivity contribution is 0.105.